The van der Waals surface area contributed by atoms with E-state index in [0.29, 0.717) is 0 Å². The van der Waals surface area contributed by atoms with E-state index in [1.807, 2.05) is 44.4 Å². The minimum Gasteiger partial charge on any atom is -0.398 e. The van der Waals surface area contributed by atoms with Crippen LogP contribution in [0.4, 0.5) is 17.2 Å². The van der Waals surface area contributed by atoms with Crippen molar-refractivity contribution in [1.82, 2.24) is 9.78 Å². The SMILES string of the molecule is Cc1c(N)cccc1Nc1ccn(C)n1. The molecule has 2 aromatic rings. The predicted octanol–water partition coefficient (Wildman–Crippen LogP) is 2.05. The molecular weight excluding hydrogens is 188 g/mol. The van der Waals surface area contributed by atoms with Crippen molar-refractivity contribution in [3.63, 3.8) is 0 Å². The van der Waals surface area contributed by atoms with Crippen LogP contribution in [-0.4, -0.2) is 9.78 Å². The van der Waals surface area contributed by atoms with Crippen LogP contribution in [0.2, 0.25) is 0 Å². The molecule has 0 fully saturated rings. The van der Waals surface area contributed by atoms with E-state index in [-0.39, 0.29) is 0 Å². The van der Waals surface area contributed by atoms with Gasteiger partial charge in [-0.2, -0.15) is 5.10 Å². The standard InChI is InChI=1S/C11H14N4/c1-8-9(12)4-3-5-10(8)13-11-6-7-15(2)14-11/h3-7H,12H2,1-2H3,(H,13,14). The van der Waals surface area contributed by atoms with E-state index in [1.165, 1.54) is 0 Å². The molecule has 4 heteroatoms. The van der Waals surface area contributed by atoms with Crippen LogP contribution in [0.5, 0.6) is 0 Å². The molecule has 0 bridgehead atoms. The largest absolute Gasteiger partial charge is 0.398 e. The molecule has 0 amide bonds. The van der Waals surface area contributed by atoms with Crippen LogP contribution >= 0.6 is 0 Å². The predicted molar refractivity (Wildman–Crippen MR) is 62.1 cm³/mol. The van der Waals surface area contributed by atoms with Crippen molar-refractivity contribution in [1.29, 1.82) is 0 Å². The van der Waals surface area contributed by atoms with Crippen molar-refractivity contribution in [3.8, 4) is 0 Å². The summed E-state index contributed by atoms with van der Waals surface area (Å²) in [6, 6.07) is 7.72. The third kappa shape index (κ3) is 1.93. The summed E-state index contributed by atoms with van der Waals surface area (Å²) < 4.78 is 1.75. The third-order valence-electron chi connectivity index (χ3n) is 2.35. The lowest BCUT2D eigenvalue weighted by molar-refractivity contribution is 0.771. The van der Waals surface area contributed by atoms with Crippen LogP contribution in [0.1, 0.15) is 5.56 Å². The molecule has 15 heavy (non-hydrogen) atoms. The molecule has 0 saturated heterocycles. The molecule has 2 rings (SSSR count). The monoisotopic (exact) mass is 202 g/mol. The number of nitrogens with zero attached hydrogens (tertiary/aromatic N) is 2. The number of nitrogens with two attached hydrogens (primary N) is 1. The van der Waals surface area contributed by atoms with Gasteiger partial charge in [0, 0.05) is 30.7 Å². The van der Waals surface area contributed by atoms with Crippen LogP contribution < -0.4 is 11.1 Å². The lowest BCUT2D eigenvalue weighted by Gasteiger charge is -2.08. The molecule has 0 atom stereocenters. The molecular formula is C11H14N4. The van der Waals surface area contributed by atoms with E-state index in [4.69, 9.17) is 5.73 Å². The first-order valence-corrected chi connectivity index (χ1v) is 4.78. The van der Waals surface area contributed by atoms with Gasteiger partial charge in [0.05, 0.1) is 0 Å². The van der Waals surface area contributed by atoms with Gasteiger partial charge in [0.1, 0.15) is 0 Å². The minimum atomic E-state index is 0.788. The third-order valence-corrected chi connectivity index (χ3v) is 2.35. The molecule has 4 nitrogen and oxygen atoms in total. The zero-order valence-electron chi connectivity index (χ0n) is 8.86. The molecule has 0 radical (unpaired) electrons. The van der Waals surface area contributed by atoms with Gasteiger partial charge in [-0.1, -0.05) is 6.07 Å². The molecule has 0 aliphatic rings. The fourth-order valence-electron chi connectivity index (χ4n) is 1.41. The maximum absolute atomic E-state index is 5.81. The Labute approximate surface area is 88.7 Å². The van der Waals surface area contributed by atoms with E-state index in [9.17, 15) is 0 Å². The van der Waals surface area contributed by atoms with Gasteiger partial charge in [-0.15, -0.1) is 0 Å². The average molecular weight is 202 g/mol. The van der Waals surface area contributed by atoms with Crippen LogP contribution in [0.3, 0.4) is 0 Å². The van der Waals surface area contributed by atoms with Gasteiger partial charge in [-0.3, -0.25) is 4.68 Å². The summed E-state index contributed by atoms with van der Waals surface area (Å²) >= 11 is 0. The van der Waals surface area contributed by atoms with Crippen molar-refractivity contribution in [2.24, 2.45) is 7.05 Å². The fourth-order valence-corrected chi connectivity index (χ4v) is 1.41. The number of nitrogen functional groups attached to an aromatic ring is 1. The summed E-state index contributed by atoms with van der Waals surface area (Å²) in [5.74, 6) is 0.825. The topological polar surface area (TPSA) is 55.9 Å². The molecule has 0 aliphatic carbocycles. The van der Waals surface area contributed by atoms with Gasteiger partial charge in [-0.05, 0) is 24.6 Å². The van der Waals surface area contributed by atoms with Crippen molar-refractivity contribution in [2.75, 3.05) is 11.1 Å². The van der Waals surface area contributed by atoms with Gasteiger partial charge >= 0.3 is 0 Å². The molecule has 3 N–H and O–H groups in total. The second kappa shape index (κ2) is 3.65. The maximum atomic E-state index is 5.81. The number of aryl methyl sites for hydroxylation is 1. The van der Waals surface area contributed by atoms with Crippen molar-refractivity contribution >= 4 is 17.2 Å². The van der Waals surface area contributed by atoms with E-state index in [2.05, 4.69) is 10.4 Å². The zero-order valence-corrected chi connectivity index (χ0v) is 8.86. The van der Waals surface area contributed by atoms with Gasteiger partial charge in [0.15, 0.2) is 5.82 Å². The highest BCUT2D eigenvalue weighted by molar-refractivity contribution is 5.67. The Morgan fingerprint density at radius 2 is 2.13 bits per heavy atom. The fraction of sp³-hybridized carbons (Fsp3) is 0.182. The molecule has 0 unspecified atom stereocenters. The highest BCUT2D eigenvalue weighted by Gasteiger charge is 2.02. The number of rotatable bonds is 2. The van der Waals surface area contributed by atoms with Gasteiger partial charge in [0.25, 0.3) is 0 Å². The summed E-state index contributed by atoms with van der Waals surface area (Å²) in [6.07, 6.45) is 1.89. The summed E-state index contributed by atoms with van der Waals surface area (Å²) in [4.78, 5) is 0. The number of hydrogen-bond donors (Lipinski definition) is 2. The smallest absolute Gasteiger partial charge is 0.152 e. The Kier molecular flexibility index (Phi) is 2.33. The Bertz CT molecular complexity index is 473. The first-order chi connectivity index (χ1) is 7.16. The normalized spacial score (nSPS) is 10.3. The second-order valence-corrected chi connectivity index (χ2v) is 3.52. The van der Waals surface area contributed by atoms with Crippen LogP contribution in [0, 0.1) is 6.92 Å². The summed E-state index contributed by atoms with van der Waals surface area (Å²) in [7, 11) is 1.89. The van der Waals surface area contributed by atoms with Gasteiger partial charge in [-0.25, -0.2) is 0 Å². The summed E-state index contributed by atoms with van der Waals surface area (Å²) in [5.41, 5.74) is 8.64. The summed E-state index contributed by atoms with van der Waals surface area (Å²) in [6.45, 7) is 1.99. The number of anilines is 3. The zero-order chi connectivity index (χ0) is 10.8. The second-order valence-electron chi connectivity index (χ2n) is 3.52. The van der Waals surface area contributed by atoms with Gasteiger partial charge < -0.3 is 11.1 Å². The van der Waals surface area contributed by atoms with Crippen molar-refractivity contribution in [2.45, 2.75) is 6.92 Å². The Morgan fingerprint density at radius 1 is 1.33 bits per heavy atom. The molecule has 0 saturated carbocycles. The highest BCUT2D eigenvalue weighted by atomic mass is 15.3. The first-order valence-electron chi connectivity index (χ1n) is 4.78. The molecule has 0 spiro atoms. The average Bonchev–Trinajstić information content (AvgIpc) is 2.59. The number of hydrogen-bond acceptors (Lipinski definition) is 3. The molecule has 1 aromatic heterocycles. The quantitative estimate of drug-likeness (QED) is 0.733. The maximum Gasteiger partial charge on any atom is 0.152 e. The number of aromatic nitrogens is 2. The molecule has 0 aliphatic heterocycles. The first kappa shape index (κ1) is 9.58. The van der Waals surface area contributed by atoms with Crippen LogP contribution in [0.25, 0.3) is 0 Å². The number of nitrogens with one attached hydrogen (secondary N) is 1. The van der Waals surface area contributed by atoms with E-state index >= 15 is 0 Å². The summed E-state index contributed by atoms with van der Waals surface area (Å²) in [5, 5.41) is 7.46. The van der Waals surface area contributed by atoms with Crippen LogP contribution in [0.15, 0.2) is 30.5 Å². The van der Waals surface area contributed by atoms with E-state index in [0.717, 1.165) is 22.8 Å². The molecule has 78 valence electrons. The lowest BCUT2D eigenvalue weighted by atomic mass is 10.1. The molecule has 1 heterocycles. The highest BCUT2D eigenvalue weighted by Crippen LogP contribution is 2.23. The van der Waals surface area contributed by atoms with Crippen molar-refractivity contribution in [3.05, 3.63) is 36.0 Å². The van der Waals surface area contributed by atoms with Crippen LogP contribution in [-0.2, 0) is 7.05 Å². The molecule has 1 aromatic carbocycles. The lowest BCUT2D eigenvalue weighted by Crippen LogP contribution is -1.98. The Balaban J connectivity index is 2.28. The van der Waals surface area contributed by atoms with Gasteiger partial charge in [0.2, 0.25) is 0 Å². The Morgan fingerprint density at radius 3 is 2.80 bits per heavy atom. The van der Waals surface area contributed by atoms with Crippen molar-refractivity contribution < 1.29 is 0 Å². The van der Waals surface area contributed by atoms with E-state index < -0.39 is 0 Å². The minimum absolute atomic E-state index is 0.788. The van der Waals surface area contributed by atoms with E-state index in [1.54, 1.807) is 4.68 Å². The number of benzene rings is 1. The Hall–Kier alpha value is -1.97.